The van der Waals surface area contributed by atoms with Crippen LogP contribution < -0.4 is 20.1 Å². The van der Waals surface area contributed by atoms with Crippen molar-refractivity contribution in [2.24, 2.45) is 10.9 Å². The number of rotatable bonds is 7. The van der Waals surface area contributed by atoms with Crippen LogP contribution in [0.1, 0.15) is 30.9 Å². The van der Waals surface area contributed by atoms with Crippen LogP contribution in [-0.4, -0.2) is 45.2 Å². The molecule has 0 aliphatic carbocycles. The van der Waals surface area contributed by atoms with Gasteiger partial charge in [0.1, 0.15) is 0 Å². The maximum absolute atomic E-state index is 5.39. The van der Waals surface area contributed by atoms with Crippen molar-refractivity contribution >= 4 is 11.6 Å². The summed E-state index contributed by atoms with van der Waals surface area (Å²) in [4.78, 5) is 6.94. The summed E-state index contributed by atoms with van der Waals surface area (Å²) >= 11 is 0. The zero-order valence-electron chi connectivity index (χ0n) is 18.6. The fourth-order valence-corrected chi connectivity index (χ4v) is 3.96. The number of guanidine groups is 1. The second-order valence-electron chi connectivity index (χ2n) is 7.87. The number of anilines is 1. The molecule has 162 valence electrons. The molecule has 1 unspecified atom stereocenters. The maximum Gasteiger partial charge on any atom is 0.195 e. The van der Waals surface area contributed by atoms with Gasteiger partial charge in [-0.3, -0.25) is 9.89 Å². The van der Waals surface area contributed by atoms with Crippen LogP contribution in [-0.2, 0) is 13.1 Å². The predicted molar refractivity (Wildman–Crippen MR) is 123 cm³/mol. The number of likely N-dealkylation sites (tertiary alicyclic amines) is 1. The fourth-order valence-electron chi connectivity index (χ4n) is 3.96. The number of nitrogens with one attached hydrogen (secondary N) is 2. The van der Waals surface area contributed by atoms with Gasteiger partial charge in [-0.05, 0) is 48.6 Å². The van der Waals surface area contributed by atoms with Crippen molar-refractivity contribution in [3.8, 4) is 11.5 Å². The van der Waals surface area contributed by atoms with Gasteiger partial charge < -0.3 is 20.1 Å². The lowest BCUT2D eigenvalue weighted by atomic mass is 9.99. The van der Waals surface area contributed by atoms with Crippen molar-refractivity contribution in [1.82, 2.24) is 10.2 Å². The first-order valence-corrected chi connectivity index (χ1v) is 10.6. The highest BCUT2D eigenvalue weighted by atomic mass is 16.5. The molecule has 1 saturated heterocycles. The monoisotopic (exact) mass is 410 g/mol. The predicted octanol–water partition coefficient (Wildman–Crippen LogP) is 4.12. The molecule has 1 heterocycles. The summed E-state index contributed by atoms with van der Waals surface area (Å²) in [6.45, 7) is 6.44. The van der Waals surface area contributed by atoms with Crippen LogP contribution in [0.5, 0.6) is 11.5 Å². The Labute approximate surface area is 180 Å². The third-order valence-electron chi connectivity index (χ3n) is 5.57. The summed E-state index contributed by atoms with van der Waals surface area (Å²) in [6, 6.07) is 14.4. The Hall–Kier alpha value is -2.73. The Bertz CT molecular complexity index is 853. The normalized spacial score (nSPS) is 17.5. The van der Waals surface area contributed by atoms with E-state index in [0.717, 1.165) is 18.2 Å². The molecule has 0 saturated carbocycles. The van der Waals surface area contributed by atoms with E-state index < -0.39 is 0 Å². The minimum Gasteiger partial charge on any atom is -0.493 e. The second kappa shape index (κ2) is 10.9. The fraction of sp³-hybridized carbons (Fsp3) is 0.458. The van der Waals surface area contributed by atoms with Crippen molar-refractivity contribution in [1.29, 1.82) is 0 Å². The highest BCUT2D eigenvalue weighted by Crippen LogP contribution is 2.29. The number of piperidine rings is 1. The number of ether oxygens (including phenoxy) is 2. The van der Waals surface area contributed by atoms with Gasteiger partial charge in [0.25, 0.3) is 0 Å². The maximum atomic E-state index is 5.39. The van der Waals surface area contributed by atoms with Crippen LogP contribution >= 0.6 is 0 Å². The van der Waals surface area contributed by atoms with E-state index in [1.54, 1.807) is 21.3 Å². The van der Waals surface area contributed by atoms with E-state index in [4.69, 9.17) is 9.47 Å². The zero-order valence-corrected chi connectivity index (χ0v) is 18.6. The van der Waals surface area contributed by atoms with Gasteiger partial charge >= 0.3 is 0 Å². The van der Waals surface area contributed by atoms with Crippen LogP contribution in [0.3, 0.4) is 0 Å². The Balaban J connectivity index is 1.63. The van der Waals surface area contributed by atoms with E-state index in [-0.39, 0.29) is 0 Å². The summed E-state index contributed by atoms with van der Waals surface area (Å²) in [5.74, 6) is 2.88. The van der Waals surface area contributed by atoms with Crippen LogP contribution in [0.2, 0.25) is 0 Å². The number of hydrogen-bond acceptors (Lipinski definition) is 4. The molecular weight excluding hydrogens is 376 g/mol. The molecule has 1 aliphatic heterocycles. The standard InChI is InChI=1S/C24H34N4O2/c1-18-8-7-13-28(16-18)17-20-10-6-5-9-19(20)15-26-24(25-2)27-21-11-12-22(29-3)23(14-21)30-4/h5-6,9-12,14,18H,7-8,13,15-17H2,1-4H3,(H2,25,26,27). The van der Waals surface area contributed by atoms with E-state index in [0.29, 0.717) is 24.0 Å². The van der Waals surface area contributed by atoms with Crippen LogP contribution in [0.4, 0.5) is 5.69 Å². The number of aliphatic imine (C=N–C) groups is 1. The average molecular weight is 411 g/mol. The minimum atomic E-state index is 0.680. The molecule has 1 atom stereocenters. The molecule has 1 fully saturated rings. The molecular formula is C24H34N4O2. The van der Waals surface area contributed by atoms with E-state index >= 15 is 0 Å². The Kier molecular flexibility index (Phi) is 7.97. The number of benzene rings is 2. The molecule has 2 aromatic rings. The summed E-state index contributed by atoms with van der Waals surface area (Å²) < 4.78 is 10.7. The van der Waals surface area contributed by atoms with Crippen molar-refractivity contribution in [3.05, 3.63) is 53.6 Å². The smallest absolute Gasteiger partial charge is 0.195 e. The lowest BCUT2D eigenvalue weighted by Gasteiger charge is -2.31. The van der Waals surface area contributed by atoms with E-state index in [9.17, 15) is 0 Å². The van der Waals surface area contributed by atoms with Crippen LogP contribution in [0.15, 0.2) is 47.5 Å². The molecule has 0 aromatic heterocycles. The highest BCUT2D eigenvalue weighted by molar-refractivity contribution is 5.93. The summed E-state index contributed by atoms with van der Waals surface area (Å²) in [5.41, 5.74) is 3.56. The zero-order chi connectivity index (χ0) is 21.3. The first-order valence-electron chi connectivity index (χ1n) is 10.6. The van der Waals surface area contributed by atoms with Gasteiger partial charge in [-0.25, -0.2) is 0 Å². The largest absolute Gasteiger partial charge is 0.493 e. The quantitative estimate of drug-likeness (QED) is 0.531. The third kappa shape index (κ3) is 5.89. The Morgan fingerprint density at radius 1 is 1.10 bits per heavy atom. The molecule has 0 amide bonds. The minimum absolute atomic E-state index is 0.680. The molecule has 0 radical (unpaired) electrons. The molecule has 2 N–H and O–H groups in total. The first kappa shape index (κ1) is 22.0. The van der Waals surface area contributed by atoms with Crippen molar-refractivity contribution in [3.63, 3.8) is 0 Å². The van der Waals surface area contributed by atoms with Crippen LogP contribution in [0, 0.1) is 5.92 Å². The van der Waals surface area contributed by atoms with Crippen molar-refractivity contribution in [2.45, 2.75) is 32.9 Å². The van der Waals surface area contributed by atoms with Crippen molar-refractivity contribution < 1.29 is 9.47 Å². The first-order chi connectivity index (χ1) is 14.6. The summed E-state index contributed by atoms with van der Waals surface area (Å²) in [7, 11) is 5.04. The second-order valence-corrected chi connectivity index (χ2v) is 7.87. The van der Waals surface area contributed by atoms with E-state index in [1.807, 2.05) is 18.2 Å². The SMILES string of the molecule is CN=C(NCc1ccccc1CN1CCCC(C)C1)Nc1ccc(OC)c(OC)c1. The molecule has 3 rings (SSSR count). The van der Waals surface area contributed by atoms with Gasteiger partial charge in [-0.15, -0.1) is 0 Å². The summed E-state index contributed by atoms with van der Waals surface area (Å²) in [5, 5.41) is 6.76. The molecule has 1 aliphatic rings. The van der Waals surface area contributed by atoms with Crippen LogP contribution in [0.25, 0.3) is 0 Å². The van der Waals surface area contributed by atoms with Gasteiger partial charge in [0.2, 0.25) is 0 Å². The molecule has 6 heteroatoms. The number of methoxy groups -OCH3 is 2. The van der Waals surface area contributed by atoms with Gasteiger partial charge in [0.15, 0.2) is 17.5 Å². The van der Waals surface area contributed by atoms with Gasteiger partial charge in [0.05, 0.1) is 14.2 Å². The van der Waals surface area contributed by atoms with E-state index in [1.165, 1.54) is 37.1 Å². The Morgan fingerprint density at radius 2 is 1.87 bits per heavy atom. The summed E-state index contributed by atoms with van der Waals surface area (Å²) in [6.07, 6.45) is 2.64. The lowest BCUT2D eigenvalue weighted by Crippen LogP contribution is -2.34. The van der Waals surface area contributed by atoms with Crippen molar-refractivity contribution in [2.75, 3.05) is 39.7 Å². The number of hydrogen-bond donors (Lipinski definition) is 2. The average Bonchev–Trinajstić information content (AvgIpc) is 2.77. The Morgan fingerprint density at radius 3 is 2.57 bits per heavy atom. The molecule has 0 bridgehead atoms. The molecule has 2 aromatic carbocycles. The third-order valence-corrected chi connectivity index (χ3v) is 5.57. The highest BCUT2D eigenvalue weighted by Gasteiger charge is 2.17. The topological polar surface area (TPSA) is 58.1 Å². The molecule has 6 nitrogen and oxygen atoms in total. The molecule has 0 spiro atoms. The van der Waals surface area contributed by atoms with Gasteiger partial charge in [-0.2, -0.15) is 0 Å². The van der Waals surface area contributed by atoms with E-state index in [2.05, 4.69) is 51.7 Å². The van der Waals surface area contributed by atoms with Gasteiger partial charge in [-0.1, -0.05) is 31.2 Å². The molecule has 30 heavy (non-hydrogen) atoms. The number of nitrogens with zero attached hydrogens (tertiary/aromatic N) is 2. The van der Waals surface area contributed by atoms with Gasteiger partial charge in [0, 0.05) is 38.4 Å². The lowest BCUT2D eigenvalue weighted by molar-refractivity contribution is 0.176.